The zero-order valence-electron chi connectivity index (χ0n) is 28.5. The zero-order chi connectivity index (χ0) is 33.5. The molecule has 6 rings (SSSR count). The minimum atomic E-state index is -0.597. The second-order valence-corrected chi connectivity index (χ2v) is 16.9. The molecule has 4 heterocycles. The smallest absolute Gasteiger partial charge is 0.240 e. The lowest BCUT2D eigenvalue weighted by molar-refractivity contribution is -0.131. The minimum absolute atomic E-state index is 0.0228. The number of likely N-dealkylation sites (tertiary alicyclic amines) is 1. The fraction of sp³-hybridized carbons (Fsp3) is 0.595. The molecule has 2 saturated heterocycles. The summed E-state index contributed by atoms with van der Waals surface area (Å²) in [6.45, 7) is 11.6. The van der Waals surface area contributed by atoms with Crippen molar-refractivity contribution in [1.29, 1.82) is 0 Å². The second-order valence-electron chi connectivity index (χ2n) is 14.9. The number of aromatic amines is 1. The number of nitrogens with zero attached hydrogens (tertiary/aromatic N) is 1. The lowest BCUT2D eigenvalue weighted by atomic mass is 9.78. The van der Waals surface area contributed by atoms with E-state index in [0.29, 0.717) is 18.4 Å². The summed E-state index contributed by atoms with van der Waals surface area (Å²) in [5, 5.41) is 7.47. The molecule has 3 amide bonds. The molecule has 2 aromatic heterocycles. The van der Waals surface area contributed by atoms with Crippen LogP contribution in [0.1, 0.15) is 73.9 Å². The molecule has 1 aromatic carbocycles. The molecule has 2 bridgehead atoms. The second kappa shape index (κ2) is 14.0. The van der Waals surface area contributed by atoms with Gasteiger partial charge in [-0.15, -0.1) is 11.3 Å². The SMILES string of the molecule is CSCCC(NC(=O)C1CCN(CCc2c(-c3cc(C)cc(C)c3)[nH]c3sc(C(C)(C)CC4C5CCC4C(=O)N5)cc23)CC1)C(N)=O. The monoisotopic (exact) mass is 677 g/mol. The van der Waals surface area contributed by atoms with Crippen LogP contribution in [-0.2, 0) is 26.2 Å². The Hall–Kier alpha value is -2.82. The van der Waals surface area contributed by atoms with Crippen LogP contribution in [0.15, 0.2) is 24.3 Å². The van der Waals surface area contributed by atoms with E-state index in [0.717, 1.165) is 63.9 Å². The average Bonchev–Trinajstić information content (AvgIpc) is 3.77. The van der Waals surface area contributed by atoms with Gasteiger partial charge in [-0.2, -0.15) is 11.8 Å². The highest BCUT2D eigenvalue weighted by Crippen LogP contribution is 2.48. The Bertz CT molecular complexity index is 1620. The third kappa shape index (κ3) is 7.30. The Labute approximate surface area is 287 Å². The van der Waals surface area contributed by atoms with Crippen molar-refractivity contribution in [2.24, 2.45) is 23.5 Å². The summed E-state index contributed by atoms with van der Waals surface area (Å²) in [6.07, 6.45) is 8.18. The number of thiophene rings is 1. The number of carbonyl (C=O) groups excluding carboxylic acids is 3. The first-order valence-electron chi connectivity index (χ1n) is 17.3. The zero-order valence-corrected chi connectivity index (χ0v) is 30.2. The predicted octanol–water partition coefficient (Wildman–Crippen LogP) is 5.68. The number of hydrogen-bond acceptors (Lipinski definition) is 6. The molecule has 3 fully saturated rings. The van der Waals surface area contributed by atoms with Crippen LogP contribution in [0.3, 0.4) is 0 Å². The van der Waals surface area contributed by atoms with Crippen LogP contribution >= 0.6 is 23.1 Å². The maximum absolute atomic E-state index is 13.0. The van der Waals surface area contributed by atoms with Gasteiger partial charge in [-0.05, 0) is 125 Å². The van der Waals surface area contributed by atoms with Gasteiger partial charge in [0.15, 0.2) is 0 Å². The van der Waals surface area contributed by atoms with Crippen molar-refractivity contribution in [2.45, 2.75) is 90.1 Å². The number of benzene rings is 1. The fourth-order valence-electron chi connectivity index (χ4n) is 8.33. The molecule has 4 unspecified atom stereocenters. The number of primary amides is 1. The number of piperidine rings is 2. The van der Waals surface area contributed by atoms with Gasteiger partial charge in [0.2, 0.25) is 17.7 Å². The van der Waals surface area contributed by atoms with Gasteiger partial charge in [-0.25, -0.2) is 0 Å². The summed E-state index contributed by atoms with van der Waals surface area (Å²) in [7, 11) is 0. The molecule has 1 saturated carbocycles. The van der Waals surface area contributed by atoms with E-state index in [1.54, 1.807) is 11.8 Å². The van der Waals surface area contributed by atoms with Gasteiger partial charge in [0.25, 0.3) is 0 Å². The summed E-state index contributed by atoms with van der Waals surface area (Å²) >= 11 is 3.52. The first-order chi connectivity index (χ1) is 22.4. The van der Waals surface area contributed by atoms with E-state index >= 15 is 0 Å². The van der Waals surface area contributed by atoms with E-state index in [9.17, 15) is 14.4 Å². The topological polar surface area (TPSA) is 120 Å². The number of amides is 3. The van der Waals surface area contributed by atoms with Gasteiger partial charge in [-0.1, -0.05) is 31.0 Å². The van der Waals surface area contributed by atoms with E-state index in [1.807, 2.05) is 17.6 Å². The molecule has 3 aromatic rings. The highest BCUT2D eigenvalue weighted by molar-refractivity contribution is 7.98. The van der Waals surface area contributed by atoms with E-state index in [2.05, 4.69) is 72.5 Å². The standard InChI is InChI=1S/C37H51N5O3S2/c1-21-16-22(2)18-24(17-21)32-25(10-14-42-12-8-23(9-13-42)34(44)40-30(33(38)43)11-15-46-5)27-19-31(47-36(27)41-32)37(3,4)20-28-26-6-7-29(28)39-35(26)45/h16-19,23,26,28-30,41H,6-15,20H2,1-5H3,(H2,38,43)(H,39,45)(H,40,44). The Morgan fingerprint density at radius 2 is 1.83 bits per heavy atom. The predicted molar refractivity (Wildman–Crippen MR) is 194 cm³/mol. The van der Waals surface area contributed by atoms with Crippen molar-refractivity contribution >= 4 is 51.0 Å². The average molecular weight is 678 g/mol. The normalized spacial score (nSPS) is 22.6. The van der Waals surface area contributed by atoms with Crippen molar-refractivity contribution in [3.8, 4) is 11.3 Å². The number of aromatic nitrogens is 1. The van der Waals surface area contributed by atoms with Crippen molar-refractivity contribution in [1.82, 2.24) is 20.5 Å². The maximum Gasteiger partial charge on any atom is 0.240 e. The summed E-state index contributed by atoms with van der Waals surface area (Å²) in [5.74, 6) is 1.05. The molecule has 0 radical (unpaired) electrons. The first-order valence-corrected chi connectivity index (χ1v) is 19.5. The van der Waals surface area contributed by atoms with Crippen LogP contribution in [0, 0.1) is 31.6 Å². The van der Waals surface area contributed by atoms with Crippen LogP contribution in [0.2, 0.25) is 0 Å². The molecule has 8 nitrogen and oxygen atoms in total. The van der Waals surface area contributed by atoms with E-state index in [-0.39, 0.29) is 29.1 Å². The lowest BCUT2D eigenvalue weighted by Crippen LogP contribution is -2.49. The van der Waals surface area contributed by atoms with Crippen LogP contribution in [0.25, 0.3) is 21.5 Å². The van der Waals surface area contributed by atoms with Gasteiger partial charge in [0.1, 0.15) is 10.9 Å². The maximum atomic E-state index is 13.0. The number of thioether (sulfide) groups is 1. The van der Waals surface area contributed by atoms with Crippen molar-refractivity contribution in [3.63, 3.8) is 0 Å². The first kappa shape index (κ1) is 34.1. The molecule has 5 N–H and O–H groups in total. The van der Waals surface area contributed by atoms with Gasteiger partial charge in [0.05, 0.1) is 5.69 Å². The van der Waals surface area contributed by atoms with Gasteiger partial charge in [-0.3, -0.25) is 14.4 Å². The number of carbonyl (C=O) groups is 3. The molecule has 0 spiro atoms. The summed E-state index contributed by atoms with van der Waals surface area (Å²) < 4.78 is 0. The molecular weight excluding hydrogens is 627 g/mol. The fourth-order valence-corrected chi connectivity index (χ4v) is 10.00. The van der Waals surface area contributed by atoms with Crippen LogP contribution in [0.5, 0.6) is 0 Å². The molecule has 254 valence electrons. The number of H-pyrrole nitrogens is 1. The molecule has 10 heteroatoms. The molecule has 4 atom stereocenters. The quantitative estimate of drug-likeness (QED) is 0.186. The molecular formula is C37H51N5O3S2. The lowest BCUT2D eigenvalue weighted by Gasteiger charge is -2.32. The van der Waals surface area contributed by atoms with Gasteiger partial charge >= 0.3 is 0 Å². The van der Waals surface area contributed by atoms with E-state index in [1.165, 1.54) is 43.0 Å². The largest absolute Gasteiger partial charge is 0.368 e. The number of aryl methyl sites for hydroxylation is 2. The number of nitrogens with one attached hydrogen (secondary N) is 3. The third-order valence-corrected chi connectivity index (χ3v) is 13.0. The summed E-state index contributed by atoms with van der Waals surface area (Å²) in [5.41, 5.74) is 11.9. The van der Waals surface area contributed by atoms with Crippen molar-refractivity contribution in [3.05, 3.63) is 45.8 Å². The van der Waals surface area contributed by atoms with Crippen LogP contribution in [-0.4, -0.2) is 71.3 Å². The Balaban J connectivity index is 1.17. The highest BCUT2D eigenvalue weighted by Gasteiger charge is 2.49. The molecule has 2 aliphatic heterocycles. The number of nitrogens with two attached hydrogens (primary N) is 1. The molecule has 1 aliphatic carbocycles. The molecule has 47 heavy (non-hydrogen) atoms. The van der Waals surface area contributed by atoms with Gasteiger partial charge in [0, 0.05) is 34.7 Å². The van der Waals surface area contributed by atoms with E-state index in [4.69, 9.17) is 5.73 Å². The number of fused-ring (bicyclic) bond motifs is 3. The van der Waals surface area contributed by atoms with Gasteiger partial charge < -0.3 is 26.3 Å². The number of rotatable bonds is 13. The Kier molecular flexibility index (Phi) is 10.1. The summed E-state index contributed by atoms with van der Waals surface area (Å²) in [4.78, 5) is 46.3. The Morgan fingerprint density at radius 1 is 1.11 bits per heavy atom. The highest BCUT2D eigenvalue weighted by atomic mass is 32.2. The van der Waals surface area contributed by atoms with Crippen molar-refractivity contribution < 1.29 is 14.4 Å². The third-order valence-electron chi connectivity index (χ3n) is 10.9. The number of hydrogen-bond donors (Lipinski definition) is 4. The van der Waals surface area contributed by atoms with Crippen LogP contribution < -0.4 is 16.4 Å². The van der Waals surface area contributed by atoms with E-state index < -0.39 is 11.9 Å². The summed E-state index contributed by atoms with van der Waals surface area (Å²) in [6, 6.07) is 8.94. The van der Waals surface area contributed by atoms with Crippen LogP contribution in [0.4, 0.5) is 0 Å². The minimum Gasteiger partial charge on any atom is -0.368 e. The molecule has 3 aliphatic rings. The Morgan fingerprint density at radius 3 is 2.45 bits per heavy atom. The van der Waals surface area contributed by atoms with Crippen molar-refractivity contribution in [2.75, 3.05) is 31.6 Å².